The molecule has 0 saturated carbocycles. The van der Waals surface area contributed by atoms with Crippen LogP contribution in [0.2, 0.25) is 0 Å². The largest absolute Gasteiger partial charge is 0.478 e. The smallest absolute Gasteiger partial charge is 0.327 e. The van der Waals surface area contributed by atoms with Crippen LogP contribution >= 0.6 is 0 Å². The standard InChI is InChI=1S/C6H14O3.4C3H4O2/c7-3-1-2-6(4-8)5-9;4*1-2-3(4)5/h6-9H,1-5H2;4*2H,1H2,(H,4,5). The number of aliphatic hydroxyl groups is 3. The average Bonchev–Trinajstić information content (AvgIpc) is 2.70. The summed E-state index contributed by atoms with van der Waals surface area (Å²) in [7, 11) is 0. The van der Waals surface area contributed by atoms with Crippen LogP contribution in [0.15, 0.2) is 50.6 Å². The molecule has 0 spiro atoms. The minimum Gasteiger partial charge on any atom is -0.478 e. The van der Waals surface area contributed by atoms with Crippen LogP contribution in [0.25, 0.3) is 0 Å². The maximum absolute atomic E-state index is 9.25. The maximum Gasteiger partial charge on any atom is 0.327 e. The summed E-state index contributed by atoms with van der Waals surface area (Å²) in [5, 5.41) is 55.8. The Morgan fingerprint density at radius 3 is 0.931 bits per heavy atom. The van der Waals surface area contributed by atoms with E-state index in [1.165, 1.54) is 0 Å². The van der Waals surface area contributed by atoms with Crippen molar-refractivity contribution in [1.82, 2.24) is 0 Å². The fourth-order valence-corrected chi connectivity index (χ4v) is 0.620. The predicted molar refractivity (Wildman–Crippen MR) is 105 cm³/mol. The van der Waals surface area contributed by atoms with E-state index in [1.54, 1.807) is 0 Å². The van der Waals surface area contributed by atoms with Gasteiger partial charge in [-0.05, 0) is 12.8 Å². The summed E-state index contributed by atoms with van der Waals surface area (Å²) >= 11 is 0. The highest BCUT2D eigenvalue weighted by molar-refractivity contribution is 5.79. The van der Waals surface area contributed by atoms with Crippen LogP contribution in [-0.2, 0) is 19.2 Å². The molecule has 11 heteroatoms. The predicted octanol–water partition coefficient (Wildman–Crippen LogP) is 0.388. The number of aliphatic carboxylic acids is 4. The van der Waals surface area contributed by atoms with Gasteiger partial charge in [0.2, 0.25) is 0 Å². The number of hydrogen-bond acceptors (Lipinski definition) is 7. The summed E-state index contributed by atoms with van der Waals surface area (Å²) in [6, 6.07) is 0. The molecule has 0 aromatic carbocycles. The van der Waals surface area contributed by atoms with Gasteiger partial charge in [-0.15, -0.1) is 0 Å². The molecule has 0 atom stereocenters. The lowest BCUT2D eigenvalue weighted by molar-refractivity contribution is -0.132. The molecule has 0 unspecified atom stereocenters. The first-order valence-corrected chi connectivity index (χ1v) is 7.67. The molecule has 29 heavy (non-hydrogen) atoms. The van der Waals surface area contributed by atoms with Crippen LogP contribution in [0.3, 0.4) is 0 Å². The van der Waals surface area contributed by atoms with E-state index >= 15 is 0 Å². The van der Waals surface area contributed by atoms with Crippen molar-refractivity contribution in [3.8, 4) is 0 Å². The number of rotatable bonds is 9. The van der Waals surface area contributed by atoms with Crippen LogP contribution in [0.1, 0.15) is 12.8 Å². The van der Waals surface area contributed by atoms with Crippen molar-refractivity contribution in [2.75, 3.05) is 19.8 Å². The molecular weight excluding hydrogens is 392 g/mol. The van der Waals surface area contributed by atoms with Crippen LogP contribution in [0.5, 0.6) is 0 Å². The fraction of sp³-hybridized carbons (Fsp3) is 0.333. The van der Waals surface area contributed by atoms with Gasteiger partial charge in [-0.25, -0.2) is 19.2 Å². The molecule has 0 amide bonds. The average molecular weight is 422 g/mol. The van der Waals surface area contributed by atoms with Crippen molar-refractivity contribution in [1.29, 1.82) is 0 Å². The van der Waals surface area contributed by atoms with E-state index < -0.39 is 23.9 Å². The maximum atomic E-state index is 9.25. The minimum atomic E-state index is -0.981. The van der Waals surface area contributed by atoms with Gasteiger partial charge in [0, 0.05) is 50.0 Å². The molecule has 0 aromatic rings. The van der Waals surface area contributed by atoms with Gasteiger partial charge < -0.3 is 35.7 Å². The second-order valence-corrected chi connectivity index (χ2v) is 4.27. The van der Waals surface area contributed by atoms with E-state index in [2.05, 4.69) is 26.3 Å². The molecule has 11 nitrogen and oxygen atoms in total. The van der Waals surface area contributed by atoms with E-state index in [-0.39, 0.29) is 25.7 Å². The van der Waals surface area contributed by atoms with Crippen LogP contribution < -0.4 is 0 Å². The zero-order chi connectivity index (χ0) is 24.3. The van der Waals surface area contributed by atoms with Crippen LogP contribution in [0, 0.1) is 5.92 Å². The summed E-state index contributed by atoms with van der Waals surface area (Å²) in [6.45, 7) is 12.0. The van der Waals surface area contributed by atoms with Crippen molar-refractivity contribution in [3.05, 3.63) is 50.6 Å². The molecule has 0 rings (SSSR count). The lowest BCUT2D eigenvalue weighted by Gasteiger charge is -2.07. The first kappa shape index (κ1) is 36.6. The van der Waals surface area contributed by atoms with Gasteiger partial charge >= 0.3 is 23.9 Å². The zero-order valence-corrected chi connectivity index (χ0v) is 16.0. The molecule has 0 heterocycles. The monoisotopic (exact) mass is 422 g/mol. The number of carboxylic acid groups (broad SMARTS) is 4. The molecule has 7 N–H and O–H groups in total. The molecule has 0 saturated heterocycles. The Morgan fingerprint density at radius 1 is 0.621 bits per heavy atom. The Morgan fingerprint density at radius 2 is 0.828 bits per heavy atom. The van der Waals surface area contributed by atoms with E-state index in [9.17, 15) is 19.2 Å². The number of aliphatic hydroxyl groups excluding tert-OH is 3. The molecule has 168 valence electrons. The normalized spacial score (nSPS) is 7.72. The van der Waals surface area contributed by atoms with Crippen LogP contribution in [-0.4, -0.2) is 79.4 Å². The molecule has 0 aliphatic rings. The third-order valence-electron chi connectivity index (χ3n) is 1.99. The second-order valence-electron chi connectivity index (χ2n) is 4.27. The highest BCUT2D eigenvalue weighted by Crippen LogP contribution is 2.02. The van der Waals surface area contributed by atoms with Gasteiger partial charge in [-0.3, -0.25) is 0 Å². The molecule has 0 bridgehead atoms. The molecule has 0 aliphatic heterocycles. The fourth-order valence-electron chi connectivity index (χ4n) is 0.620. The van der Waals surface area contributed by atoms with Crippen molar-refractivity contribution >= 4 is 23.9 Å². The first-order chi connectivity index (χ1) is 13.4. The molecule has 0 aromatic heterocycles. The Kier molecular flexibility index (Phi) is 40.9. The Labute approximate surface area is 168 Å². The zero-order valence-electron chi connectivity index (χ0n) is 16.0. The second kappa shape index (κ2) is 32.4. The quantitative estimate of drug-likeness (QED) is 0.252. The lowest BCUT2D eigenvalue weighted by atomic mass is 10.1. The first-order valence-electron chi connectivity index (χ1n) is 7.67. The highest BCUT2D eigenvalue weighted by atomic mass is 16.4. The molecule has 0 fully saturated rings. The third-order valence-corrected chi connectivity index (χ3v) is 1.99. The summed E-state index contributed by atoms with van der Waals surface area (Å²) in [5.74, 6) is -3.97. The summed E-state index contributed by atoms with van der Waals surface area (Å²) in [6.07, 6.45) is 4.69. The van der Waals surface area contributed by atoms with Crippen molar-refractivity contribution < 1.29 is 54.9 Å². The highest BCUT2D eigenvalue weighted by Gasteiger charge is 2.03. The van der Waals surface area contributed by atoms with Crippen LogP contribution in [0.4, 0.5) is 0 Å². The third kappa shape index (κ3) is 78.9. The summed E-state index contributed by atoms with van der Waals surface area (Å²) in [4.78, 5) is 37.0. The van der Waals surface area contributed by atoms with Crippen molar-refractivity contribution in [2.45, 2.75) is 12.8 Å². The molecule has 0 radical (unpaired) electrons. The van der Waals surface area contributed by atoms with Crippen molar-refractivity contribution in [2.24, 2.45) is 5.92 Å². The molecule has 0 aliphatic carbocycles. The van der Waals surface area contributed by atoms with E-state index in [1.807, 2.05) is 0 Å². The number of hydrogen-bond donors (Lipinski definition) is 7. The summed E-state index contributed by atoms with van der Waals surface area (Å²) in [5.41, 5.74) is 0. The Balaban J connectivity index is -0.0000000853. The van der Waals surface area contributed by atoms with Gasteiger partial charge in [0.1, 0.15) is 0 Å². The lowest BCUT2D eigenvalue weighted by Crippen LogP contribution is -2.11. The van der Waals surface area contributed by atoms with E-state index in [0.717, 1.165) is 24.3 Å². The molecular formula is C18H30O11. The van der Waals surface area contributed by atoms with Crippen molar-refractivity contribution in [3.63, 3.8) is 0 Å². The number of carbonyl (C=O) groups is 4. The summed E-state index contributed by atoms with van der Waals surface area (Å²) < 4.78 is 0. The minimum absolute atomic E-state index is 0.0104. The number of carboxylic acids is 4. The van der Waals surface area contributed by atoms with Gasteiger partial charge in [0.05, 0.1) is 0 Å². The topological polar surface area (TPSA) is 210 Å². The SMILES string of the molecule is C=CC(=O)O.C=CC(=O)O.C=CC(=O)O.C=CC(=O)O.OCCCC(CO)CO. The van der Waals surface area contributed by atoms with E-state index in [0.29, 0.717) is 12.8 Å². The Bertz CT molecular complexity index is 408. The van der Waals surface area contributed by atoms with Gasteiger partial charge in [0.15, 0.2) is 0 Å². The van der Waals surface area contributed by atoms with E-state index in [4.69, 9.17) is 35.7 Å². The Hall–Kier alpha value is -3.28. The van der Waals surface area contributed by atoms with Gasteiger partial charge in [-0.2, -0.15) is 0 Å². The van der Waals surface area contributed by atoms with Gasteiger partial charge in [0.25, 0.3) is 0 Å². The van der Waals surface area contributed by atoms with Gasteiger partial charge in [-0.1, -0.05) is 26.3 Å².